The van der Waals surface area contributed by atoms with Crippen molar-refractivity contribution < 1.29 is 4.92 Å². The summed E-state index contributed by atoms with van der Waals surface area (Å²) in [5, 5.41) is 12.5. The van der Waals surface area contributed by atoms with E-state index >= 15 is 0 Å². The minimum atomic E-state index is -0.328. The molecule has 0 spiro atoms. The summed E-state index contributed by atoms with van der Waals surface area (Å²) in [5.41, 5.74) is 1.76. The molecule has 0 atom stereocenters. The summed E-state index contributed by atoms with van der Waals surface area (Å²) in [6, 6.07) is 12.4. The molecule has 24 heavy (non-hydrogen) atoms. The van der Waals surface area contributed by atoms with Gasteiger partial charge in [-0.2, -0.15) is 0 Å². The number of nitro groups is 1. The van der Waals surface area contributed by atoms with Gasteiger partial charge >= 0.3 is 0 Å². The third-order valence-electron chi connectivity index (χ3n) is 4.23. The monoisotopic (exact) mass is 365 g/mol. The molecule has 2 aromatic rings. The van der Waals surface area contributed by atoms with Crippen LogP contribution in [-0.2, 0) is 6.54 Å². The van der Waals surface area contributed by atoms with Gasteiger partial charge in [-0.1, -0.05) is 41.4 Å². The number of para-hydroxylation sites is 2. The highest BCUT2D eigenvalue weighted by atomic mass is 35.5. The molecule has 0 N–H and O–H groups in total. The lowest BCUT2D eigenvalue weighted by atomic mass is 10.1. The first-order chi connectivity index (χ1) is 11.6. The molecule has 5 nitrogen and oxygen atoms in total. The highest BCUT2D eigenvalue weighted by Crippen LogP contribution is 2.30. The molecule has 1 aliphatic heterocycles. The molecule has 0 saturated carbocycles. The summed E-state index contributed by atoms with van der Waals surface area (Å²) in [7, 11) is 0. The van der Waals surface area contributed by atoms with Crippen LogP contribution >= 0.6 is 23.2 Å². The zero-order valence-electron chi connectivity index (χ0n) is 13.0. The van der Waals surface area contributed by atoms with Crippen molar-refractivity contribution in [2.75, 3.05) is 31.1 Å². The summed E-state index contributed by atoms with van der Waals surface area (Å²) >= 11 is 12.5. The van der Waals surface area contributed by atoms with Crippen LogP contribution in [0, 0.1) is 10.1 Å². The first-order valence-electron chi connectivity index (χ1n) is 7.70. The second-order valence-electron chi connectivity index (χ2n) is 5.71. The van der Waals surface area contributed by atoms with Crippen LogP contribution in [-0.4, -0.2) is 36.0 Å². The fourth-order valence-corrected chi connectivity index (χ4v) is 3.46. The quantitative estimate of drug-likeness (QED) is 0.600. The van der Waals surface area contributed by atoms with Gasteiger partial charge < -0.3 is 4.90 Å². The summed E-state index contributed by atoms with van der Waals surface area (Å²) in [4.78, 5) is 15.2. The zero-order valence-corrected chi connectivity index (χ0v) is 14.5. The zero-order chi connectivity index (χ0) is 17.1. The summed E-state index contributed by atoms with van der Waals surface area (Å²) < 4.78 is 0. The van der Waals surface area contributed by atoms with Gasteiger partial charge in [0, 0.05) is 54.4 Å². The van der Waals surface area contributed by atoms with Crippen molar-refractivity contribution in [3.05, 3.63) is 68.2 Å². The number of hydrogen-bond acceptors (Lipinski definition) is 4. The Morgan fingerprint density at radius 3 is 2.21 bits per heavy atom. The number of halogens is 2. The van der Waals surface area contributed by atoms with E-state index in [1.165, 1.54) is 0 Å². The molecular weight excluding hydrogens is 349 g/mol. The molecule has 7 heteroatoms. The van der Waals surface area contributed by atoms with Gasteiger partial charge in [-0.3, -0.25) is 15.0 Å². The summed E-state index contributed by atoms with van der Waals surface area (Å²) in [6.07, 6.45) is 0. The van der Waals surface area contributed by atoms with Gasteiger partial charge in [0.05, 0.1) is 4.92 Å². The SMILES string of the molecule is O=[N+]([O-])c1ccccc1N1CCN(Cc2c(Cl)cccc2Cl)CC1. The maximum Gasteiger partial charge on any atom is 0.292 e. The van der Waals surface area contributed by atoms with Crippen molar-refractivity contribution in [3.8, 4) is 0 Å². The van der Waals surface area contributed by atoms with E-state index < -0.39 is 0 Å². The average Bonchev–Trinajstić information content (AvgIpc) is 2.59. The van der Waals surface area contributed by atoms with Crippen LogP contribution in [0.2, 0.25) is 10.0 Å². The lowest BCUT2D eigenvalue weighted by Crippen LogP contribution is -2.46. The van der Waals surface area contributed by atoms with E-state index in [1.54, 1.807) is 18.2 Å². The third kappa shape index (κ3) is 3.64. The Morgan fingerprint density at radius 2 is 1.58 bits per heavy atom. The Bertz CT molecular complexity index is 726. The smallest absolute Gasteiger partial charge is 0.292 e. The van der Waals surface area contributed by atoms with Gasteiger partial charge in [0.15, 0.2) is 0 Å². The molecule has 1 aliphatic rings. The van der Waals surface area contributed by atoms with Crippen LogP contribution in [0.15, 0.2) is 42.5 Å². The Kier molecular flexibility index (Phi) is 5.23. The maximum absolute atomic E-state index is 11.2. The van der Waals surface area contributed by atoms with E-state index in [0.717, 1.165) is 31.7 Å². The van der Waals surface area contributed by atoms with E-state index in [4.69, 9.17) is 23.2 Å². The molecule has 2 aromatic carbocycles. The molecule has 0 aromatic heterocycles. The van der Waals surface area contributed by atoms with Gasteiger partial charge in [-0.05, 0) is 18.2 Å². The summed E-state index contributed by atoms with van der Waals surface area (Å²) in [5.74, 6) is 0. The Labute approximate surface area is 150 Å². The number of rotatable bonds is 4. The molecular formula is C17H17Cl2N3O2. The predicted octanol–water partition coefficient (Wildman–Crippen LogP) is 4.22. The number of benzene rings is 2. The van der Waals surface area contributed by atoms with Crippen molar-refractivity contribution in [1.82, 2.24) is 4.90 Å². The van der Waals surface area contributed by atoms with E-state index in [9.17, 15) is 10.1 Å². The molecule has 0 unspecified atom stereocenters. The minimum absolute atomic E-state index is 0.153. The molecule has 0 radical (unpaired) electrons. The largest absolute Gasteiger partial charge is 0.363 e. The Balaban J connectivity index is 1.67. The van der Waals surface area contributed by atoms with Crippen molar-refractivity contribution >= 4 is 34.6 Å². The normalized spacial score (nSPS) is 15.5. The van der Waals surface area contributed by atoms with E-state index in [-0.39, 0.29) is 10.6 Å². The molecule has 0 aliphatic carbocycles. The van der Waals surface area contributed by atoms with Crippen LogP contribution in [0.4, 0.5) is 11.4 Å². The standard InChI is InChI=1S/C17H17Cl2N3O2/c18-14-4-3-5-15(19)13(14)12-20-8-10-21(11-9-20)16-6-1-2-7-17(16)22(23)24/h1-7H,8-12H2. The van der Waals surface area contributed by atoms with Crippen molar-refractivity contribution in [2.45, 2.75) is 6.54 Å². The second kappa shape index (κ2) is 7.38. The van der Waals surface area contributed by atoms with Crippen LogP contribution in [0.25, 0.3) is 0 Å². The van der Waals surface area contributed by atoms with Gasteiger partial charge in [-0.15, -0.1) is 0 Å². The average molecular weight is 366 g/mol. The van der Waals surface area contributed by atoms with Crippen molar-refractivity contribution in [3.63, 3.8) is 0 Å². The van der Waals surface area contributed by atoms with E-state index in [2.05, 4.69) is 9.80 Å². The van der Waals surface area contributed by atoms with Crippen LogP contribution in [0.3, 0.4) is 0 Å². The molecule has 1 fully saturated rings. The fourth-order valence-electron chi connectivity index (χ4n) is 2.94. The molecule has 0 bridgehead atoms. The maximum atomic E-state index is 11.2. The van der Waals surface area contributed by atoms with Gasteiger partial charge in [0.1, 0.15) is 5.69 Å². The minimum Gasteiger partial charge on any atom is -0.363 e. The lowest BCUT2D eigenvalue weighted by molar-refractivity contribution is -0.384. The molecule has 0 amide bonds. The van der Waals surface area contributed by atoms with Crippen LogP contribution in [0.1, 0.15) is 5.56 Å². The first-order valence-corrected chi connectivity index (χ1v) is 8.45. The molecule has 3 rings (SSSR count). The lowest BCUT2D eigenvalue weighted by Gasteiger charge is -2.36. The van der Waals surface area contributed by atoms with Crippen LogP contribution < -0.4 is 4.90 Å². The van der Waals surface area contributed by atoms with Gasteiger partial charge in [0.2, 0.25) is 0 Å². The highest BCUT2D eigenvalue weighted by Gasteiger charge is 2.23. The third-order valence-corrected chi connectivity index (χ3v) is 4.94. The van der Waals surface area contributed by atoms with Gasteiger partial charge in [-0.25, -0.2) is 0 Å². The number of piperazine rings is 1. The van der Waals surface area contributed by atoms with Crippen molar-refractivity contribution in [1.29, 1.82) is 0 Å². The number of nitro benzene ring substituents is 1. The molecule has 1 saturated heterocycles. The topological polar surface area (TPSA) is 49.6 Å². The summed E-state index contributed by atoms with van der Waals surface area (Å²) in [6.45, 7) is 3.74. The van der Waals surface area contributed by atoms with Crippen LogP contribution in [0.5, 0.6) is 0 Å². The molecule has 126 valence electrons. The first kappa shape index (κ1) is 17.0. The molecule has 1 heterocycles. The van der Waals surface area contributed by atoms with Crippen molar-refractivity contribution in [2.24, 2.45) is 0 Å². The Hall–Kier alpha value is -1.82. The predicted molar refractivity (Wildman–Crippen MR) is 97.0 cm³/mol. The highest BCUT2D eigenvalue weighted by molar-refractivity contribution is 6.35. The van der Waals surface area contributed by atoms with Gasteiger partial charge in [0.25, 0.3) is 5.69 Å². The fraction of sp³-hybridized carbons (Fsp3) is 0.294. The number of hydrogen-bond donors (Lipinski definition) is 0. The number of anilines is 1. The number of nitrogens with zero attached hydrogens (tertiary/aromatic N) is 3. The van der Waals surface area contributed by atoms with E-state index in [1.807, 2.05) is 24.3 Å². The van der Waals surface area contributed by atoms with E-state index in [0.29, 0.717) is 22.3 Å². The second-order valence-corrected chi connectivity index (χ2v) is 6.52. The Morgan fingerprint density at radius 1 is 0.958 bits per heavy atom.